The van der Waals surface area contributed by atoms with E-state index in [-0.39, 0.29) is 16.6 Å². The molecule has 0 radical (unpaired) electrons. The van der Waals surface area contributed by atoms with E-state index in [2.05, 4.69) is 17.2 Å². The van der Waals surface area contributed by atoms with E-state index in [1.165, 1.54) is 47.0 Å². The Kier molecular flexibility index (Phi) is 5.90. The molecule has 3 rings (SSSR count). The highest BCUT2D eigenvalue weighted by molar-refractivity contribution is 7.89. The minimum absolute atomic E-state index is 0.146. The molecule has 0 bridgehead atoms. The topological polar surface area (TPSA) is 109 Å². The molecule has 0 unspecified atom stereocenters. The number of hydrogen-bond acceptors (Lipinski definition) is 5. The van der Waals surface area contributed by atoms with E-state index in [1.54, 1.807) is 6.07 Å². The maximum absolute atomic E-state index is 12.9. The molecular weight excluding hydrogens is 394 g/mol. The molecule has 2 N–H and O–H groups in total. The van der Waals surface area contributed by atoms with E-state index in [9.17, 15) is 18.0 Å². The highest BCUT2D eigenvalue weighted by atomic mass is 32.2. The van der Waals surface area contributed by atoms with Gasteiger partial charge in [0.1, 0.15) is 0 Å². The Hall–Kier alpha value is -2.91. The van der Waals surface area contributed by atoms with Crippen molar-refractivity contribution in [2.75, 3.05) is 18.4 Å². The van der Waals surface area contributed by atoms with Gasteiger partial charge in [0.15, 0.2) is 5.76 Å². The lowest BCUT2D eigenvalue weighted by atomic mass is 9.90. The zero-order valence-electron chi connectivity index (χ0n) is 16.1. The van der Waals surface area contributed by atoms with E-state index in [4.69, 9.17) is 4.42 Å². The van der Waals surface area contributed by atoms with Crippen molar-refractivity contribution in [3.8, 4) is 0 Å². The number of rotatable bonds is 6. The van der Waals surface area contributed by atoms with Gasteiger partial charge in [-0.25, -0.2) is 8.42 Å². The molecule has 2 aromatic rings. The van der Waals surface area contributed by atoms with Crippen LogP contribution in [0, 0.1) is 0 Å². The fourth-order valence-corrected chi connectivity index (χ4v) is 4.59. The van der Waals surface area contributed by atoms with Crippen molar-refractivity contribution < 1.29 is 22.4 Å². The summed E-state index contributed by atoms with van der Waals surface area (Å²) in [5.41, 5.74) is 0.000738. The Labute approximate surface area is 169 Å². The molecular formula is C20H23N3O5S. The first-order valence-electron chi connectivity index (χ1n) is 9.13. The van der Waals surface area contributed by atoms with Crippen LogP contribution in [0.3, 0.4) is 0 Å². The number of carbonyl (C=O) groups excluding carboxylic acids is 2. The highest BCUT2D eigenvalue weighted by Crippen LogP contribution is 2.27. The van der Waals surface area contributed by atoms with Crippen molar-refractivity contribution >= 4 is 27.5 Å². The van der Waals surface area contributed by atoms with Gasteiger partial charge in [0.25, 0.3) is 5.91 Å². The summed E-state index contributed by atoms with van der Waals surface area (Å²) >= 11 is 0. The molecule has 1 saturated heterocycles. The molecule has 0 atom stereocenters. The van der Waals surface area contributed by atoms with Gasteiger partial charge in [0.2, 0.25) is 15.9 Å². The first kappa shape index (κ1) is 20.8. The van der Waals surface area contributed by atoms with Gasteiger partial charge >= 0.3 is 0 Å². The minimum Gasteiger partial charge on any atom is -0.459 e. The second-order valence-corrected chi connectivity index (χ2v) is 9.05. The van der Waals surface area contributed by atoms with Gasteiger partial charge in [-0.2, -0.15) is 4.31 Å². The Balaban J connectivity index is 1.65. The van der Waals surface area contributed by atoms with Crippen LogP contribution >= 0.6 is 0 Å². The van der Waals surface area contributed by atoms with Gasteiger partial charge in [-0.05, 0) is 62.2 Å². The van der Waals surface area contributed by atoms with E-state index in [0.29, 0.717) is 31.6 Å². The predicted molar refractivity (Wildman–Crippen MR) is 108 cm³/mol. The summed E-state index contributed by atoms with van der Waals surface area (Å²) in [6, 6.07) is 9.13. The van der Waals surface area contributed by atoms with E-state index in [1.807, 2.05) is 6.92 Å². The molecule has 1 aliphatic rings. The molecule has 8 nitrogen and oxygen atoms in total. The smallest absolute Gasteiger partial charge is 0.291 e. The summed E-state index contributed by atoms with van der Waals surface area (Å²) in [7, 11) is -3.67. The number of furan rings is 1. The summed E-state index contributed by atoms with van der Waals surface area (Å²) in [5, 5.41) is 5.52. The predicted octanol–water partition coefficient (Wildman–Crippen LogP) is 2.38. The third-order valence-electron chi connectivity index (χ3n) is 4.93. The molecule has 2 heterocycles. The van der Waals surface area contributed by atoms with Crippen LogP contribution in [0.25, 0.3) is 0 Å². The maximum Gasteiger partial charge on any atom is 0.291 e. The molecule has 154 valence electrons. The molecule has 2 amide bonds. The fourth-order valence-electron chi connectivity index (χ4n) is 3.15. The van der Waals surface area contributed by atoms with Crippen LogP contribution in [0.15, 0.2) is 64.6 Å². The zero-order chi connectivity index (χ0) is 21.1. The third kappa shape index (κ3) is 4.75. The van der Waals surface area contributed by atoms with Crippen molar-refractivity contribution in [1.29, 1.82) is 0 Å². The molecule has 1 aromatic carbocycles. The van der Waals surface area contributed by atoms with Crippen molar-refractivity contribution in [2.24, 2.45) is 0 Å². The SMILES string of the molecule is C=CC(=O)NC1(C)CCN(S(=O)(=O)c2ccc(NC(=O)c3ccco3)cc2)CC1. The molecule has 0 aliphatic carbocycles. The van der Waals surface area contributed by atoms with Gasteiger partial charge in [-0.1, -0.05) is 6.58 Å². The summed E-state index contributed by atoms with van der Waals surface area (Å²) in [6.07, 6.45) is 3.61. The van der Waals surface area contributed by atoms with Gasteiger partial charge in [0.05, 0.1) is 11.2 Å². The molecule has 1 aliphatic heterocycles. The standard InChI is InChI=1S/C20H23N3O5S/c1-3-18(24)22-20(2)10-12-23(13-11-20)29(26,27)16-8-6-15(7-9-16)21-19(25)17-5-4-14-28-17/h3-9,14H,1,10-13H2,2H3,(H,21,25)(H,22,24). The summed E-state index contributed by atoms with van der Waals surface area (Å²) in [6.45, 7) is 5.94. The molecule has 1 aromatic heterocycles. The van der Waals surface area contributed by atoms with Crippen molar-refractivity contribution in [3.05, 3.63) is 61.1 Å². The average Bonchev–Trinajstić information content (AvgIpc) is 3.23. The maximum atomic E-state index is 12.9. The third-order valence-corrected chi connectivity index (χ3v) is 6.84. The van der Waals surface area contributed by atoms with Crippen LogP contribution in [-0.4, -0.2) is 43.2 Å². The number of sulfonamides is 1. The zero-order valence-corrected chi connectivity index (χ0v) is 16.9. The van der Waals surface area contributed by atoms with E-state index < -0.39 is 21.5 Å². The molecule has 1 fully saturated rings. The number of hydrogen-bond donors (Lipinski definition) is 2. The number of piperidine rings is 1. The number of benzene rings is 1. The minimum atomic E-state index is -3.67. The summed E-state index contributed by atoms with van der Waals surface area (Å²) in [4.78, 5) is 23.7. The second kappa shape index (κ2) is 8.22. The van der Waals surface area contributed by atoms with Crippen LogP contribution < -0.4 is 10.6 Å². The van der Waals surface area contributed by atoms with Crippen LogP contribution in [0.5, 0.6) is 0 Å². The second-order valence-electron chi connectivity index (χ2n) is 7.11. The van der Waals surface area contributed by atoms with Gasteiger partial charge < -0.3 is 15.1 Å². The monoisotopic (exact) mass is 417 g/mol. The van der Waals surface area contributed by atoms with Crippen LogP contribution in [0.4, 0.5) is 5.69 Å². The lowest BCUT2D eigenvalue weighted by Gasteiger charge is -2.39. The van der Waals surface area contributed by atoms with Gasteiger partial charge in [0, 0.05) is 24.3 Å². The fraction of sp³-hybridized carbons (Fsp3) is 0.300. The van der Waals surface area contributed by atoms with Gasteiger partial charge in [-0.3, -0.25) is 9.59 Å². The number of nitrogens with one attached hydrogen (secondary N) is 2. The quantitative estimate of drug-likeness (QED) is 0.702. The number of nitrogens with zero attached hydrogens (tertiary/aromatic N) is 1. The first-order chi connectivity index (χ1) is 13.7. The molecule has 9 heteroatoms. The Morgan fingerprint density at radius 3 is 2.38 bits per heavy atom. The van der Waals surface area contributed by atoms with Crippen molar-refractivity contribution in [3.63, 3.8) is 0 Å². The van der Waals surface area contributed by atoms with Crippen molar-refractivity contribution in [1.82, 2.24) is 9.62 Å². The lowest BCUT2D eigenvalue weighted by Crippen LogP contribution is -2.53. The Morgan fingerprint density at radius 2 is 1.83 bits per heavy atom. The molecule has 0 saturated carbocycles. The van der Waals surface area contributed by atoms with E-state index >= 15 is 0 Å². The average molecular weight is 417 g/mol. The Bertz CT molecular complexity index is 989. The summed E-state index contributed by atoms with van der Waals surface area (Å²) < 4.78 is 32.3. The van der Waals surface area contributed by atoms with Crippen LogP contribution in [-0.2, 0) is 14.8 Å². The van der Waals surface area contributed by atoms with Gasteiger partial charge in [-0.15, -0.1) is 0 Å². The number of amides is 2. The van der Waals surface area contributed by atoms with E-state index in [0.717, 1.165) is 0 Å². The van der Waals surface area contributed by atoms with Crippen LogP contribution in [0.2, 0.25) is 0 Å². The number of anilines is 1. The number of carbonyl (C=O) groups is 2. The highest BCUT2D eigenvalue weighted by Gasteiger charge is 2.36. The molecule has 0 spiro atoms. The summed E-state index contributed by atoms with van der Waals surface area (Å²) in [5.74, 6) is -0.514. The largest absolute Gasteiger partial charge is 0.459 e. The Morgan fingerprint density at radius 1 is 1.17 bits per heavy atom. The lowest BCUT2D eigenvalue weighted by molar-refractivity contribution is -0.118. The van der Waals surface area contributed by atoms with Crippen LogP contribution in [0.1, 0.15) is 30.3 Å². The first-order valence-corrected chi connectivity index (χ1v) is 10.6. The molecule has 29 heavy (non-hydrogen) atoms. The van der Waals surface area contributed by atoms with Crippen molar-refractivity contribution in [2.45, 2.75) is 30.2 Å². The normalized spacial score (nSPS) is 16.7.